The summed E-state index contributed by atoms with van der Waals surface area (Å²) in [5.74, 6) is 0.581. The van der Waals surface area contributed by atoms with Crippen molar-refractivity contribution in [3.63, 3.8) is 0 Å². The van der Waals surface area contributed by atoms with Gasteiger partial charge in [-0.3, -0.25) is 0 Å². The van der Waals surface area contributed by atoms with Crippen LogP contribution in [0.15, 0.2) is 24.3 Å². The van der Waals surface area contributed by atoms with Crippen LogP contribution in [0, 0.1) is 17.2 Å². The standard InChI is InChI=1S/C15H23N3O/c1-12(2)9-17-10-15(19)11-18(3)14-6-4-5-13(7-14)8-16/h4-7,12,15,17,19H,9-11H2,1-3H3. The highest BCUT2D eigenvalue weighted by molar-refractivity contribution is 5.50. The van der Waals surface area contributed by atoms with E-state index < -0.39 is 6.10 Å². The number of aliphatic hydroxyl groups is 1. The molecule has 0 spiro atoms. The van der Waals surface area contributed by atoms with Crippen molar-refractivity contribution in [3.8, 4) is 6.07 Å². The molecule has 0 aliphatic rings. The van der Waals surface area contributed by atoms with Gasteiger partial charge in [0.2, 0.25) is 0 Å². The van der Waals surface area contributed by atoms with Gasteiger partial charge in [0.05, 0.1) is 17.7 Å². The van der Waals surface area contributed by atoms with Crippen molar-refractivity contribution in [1.29, 1.82) is 5.26 Å². The van der Waals surface area contributed by atoms with E-state index in [2.05, 4.69) is 25.2 Å². The first kappa shape index (κ1) is 15.5. The molecule has 0 heterocycles. The van der Waals surface area contributed by atoms with Crippen LogP contribution in [0.25, 0.3) is 0 Å². The summed E-state index contributed by atoms with van der Waals surface area (Å²) >= 11 is 0. The Morgan fingerprint density at radius 1 is 1.37 bits per heavy atom. The zero-order valence-corrected chi connectivity index (χ0v) is 11.9. The van der Waals surface area contributed by atoms with Gasteiger partial charge in [-0.15, -0.1) is 0 Å². The van der Waals surface area contributed by atoms with Crippen LogP contribution in [0.4, 0.5) is 5.69 Å². The van der Waals surface area contributed by atoms with Crippen LogP contribution in [0.1, 0.15) is 19.4 Å². The van der Waals surface area contributed by atoms with E-state index >= 15 is 0 Å². The maximum absolute atomic E-state index is 9.95. The van der Waals surface area contributed by atoms with Crippen LogP contribution in [0.3, 0.4) is 0 Å². The fraction of sp³-hybridized carbons (Fsp3) is 0.533. The van der Waals surface area contributed by atoms with Gasteiger partial charge < -0.3 is 15.3 Å². The molecule has 0 bridgehead atoms. The number of hydrogen-bond donors (Lipinski definition) is 2. The van der Waals surface area contributed by atoms with Crippen LogP contribution in [-0.4, -0.2) is 37.9 Å². The van der Waals surface area contributed by atoms with E-state index in [9.17, 15) is 5.11 Å². The lowest BCUT2D eigenvalue weighted by Crippen LogP contribution is -2.37. The summed E-state index contributed by atoms with van der Waals surface area (Å²) in [6, 6.07) is 9.52. The molecule has 1 atom stereocenters. The Morgan fingerprint density at radius 2 is 2.11 bits per heavy atom. The highest BCUT2D eigenvalue weighted by atomic mass is 16.3. The summed E-state index contributed by atoms with van der Waals surface area (Å²) in [6.45, 7) is 6.31. The van der Waals surface area contributed by atoms with Gasteiger partial charge in [0.25, 0.3) is 0 Å². The van der Waals surface area contributed by atoms with Gasteiger partial charge in [0, 0.05) is 25.8 Å². The molecule has 0 aromatic heterocycles. The summed E-state index contributed by atoms with van der Waals surface area (Å²) in [7, 11) is 1.92. The van der Waals surface area contributed by atoms with Crippen molar-refractivity contribution in [2.75, 3.05) is 31.6 Å². The second-order valence-corrected chi connectivity index (χ2v) is 5.25. The van der Waals surface area contributed by atoms with Crippen LogP contribution in [-0.2, 0) is 0 Å². The van der Waals surface area contributed by atoms with Crippen molar-refractivity contribution in [2.24, 2.45) is 5.92 Å². The monoisotopic (exact) mass is 261 g/mol. The maximum Gasteiger partial charge on any atom is 0.0992 e. The average Bonchev–Trinajstić information content (AvgIpc) is 2.38. The van der Waals surface area contributed by atoms with Crippen molar-refractivity contribution < 1.29 is 5.11 Å². The molecule has 0 aliphatic carbocycles. The molecule has 4 nitrogen and oxygen atoms in total. The first-order valence-corrected chi connectivity index (χ1v) is 6.63. The summed E-state index contributed by atoms with van der Waals surface area (Å²) in [5, 5.41) is 22.1. The molecular formula is C15H23N3O. The van der Waals surface area contributed by atoms with Crippen molar-refractivity contribution in [1.82, 2.24) is 5.32 Å². The molecule has 1 aromatic rings. The Hall–Kier alpha value is -1.57. The lowest BCUT2D eigenvalue weighted by molar-refractivity contribution is 0.177. The largest absolute Gasteiger partial charge is 0.390 e. The van der Waals surface area contributed by atoms with Gasteiger partial charge in [-0.25, -0.2) is 0 Å². The van der Waals surface area contributed by atoms with E-state index in [-0.39, 0.29) is 0 Å². The molecule has 4 heteroatoms. The molecule has 0 saturated carbocycles. The number of anilines is 1. The molecule has 2 N–H and O–H groups in total. The second-order valence-electron chi connectivity index (χ2n) is 5.25. The third-order valence-electron chi connectivity index (χ3n) is 2.83. The number of nitrogens with zero attached hydrogens (tertiary/aromatic N) is 2. The van der Waals surface area contributed by atoms with E-state index in [0.717, 1.165) is 12.2 Å². The summed E-state index contributed by atoms with van der Waals surface area (Å²) in [6.07, 6.45) is -0.422. The first-order chi connectivity index (χ1) is 9.02. The van der Waals surface area contributed by atoms with E-state index in [1.165, 1.54) is 0 Å². The van der Waals surface area contributed by atoms with Gasteiger partial charge >= 0.3 is 0 Å². The molecule has 0 aliphatic heterocycles. The number of nitrogens with one attached hydrogen (secondary N) is 1. The third-order valence-corrected chi connectivity index (χ3v) is 2.83. The average molecular weight is 261 g/mol. The minimum Gasteiger partial charge on any atom is -0.390 e. The number of benzene rings is 1. The number of rotatable bonds is 7. The van der Waals surface area contributed by atoms with Crippen molar-refractivity contribution in [2.45, 2.75) is 20.0 Å². The maximum atomic E-state index is 9.95. The smallest absolute Gasteiger partial charge is 0.0992 e. The second kappa shape index (κ2) is 7.78. The van der Waals surface area contributed by atoms with Crippen LogP contribution >= 0.6 is 0 Å². The molecule has 0 amide bonds. The predicted molar refractivity (Wildman–Crippen MR) is 78.1 cm³/mol. The predicted octanol–water partition coefficient (Wildman–Crippen LogP) is 1.60. The summed E-state index contributed by atoms with van der Waals surface area (Å²) in [4.78, 5) is 1.96. The molecule has 0 radical (unpaired) electrons. The normalized spacial score (nSPS) is 12.2. The van der Waals surface area contributed by atoms with Gasteiger partial charge in [-0.05, 0) is 30.7 Å². The lowest BCUT2D eigenvalue weighted by Gasteiger charge is -2.23. The van der Waals surface area contributed by atoms with E-state index in [1.807, 2.05) is 30.1 Å². The van der Waals surface area contributed by atoms with Crippen molar-refractivity contribution >= 4 is 5.69 Å². The zero-order chi connectivity index (χ0) is 14.3. The number of likely N-dealkylation sites (N-methyl/N-ethyl adjacent to an activating group) is 1. The lowest BCUT2D eigenvalue weighted by atomic mass is 10.2. The Balaban J connectivity index is 2.45. The Labute approximate surface area is 115 Å². The minimum atomic E-state index is -0.422. The zero-order valence-electron chi connectivity index (χ0n) is 11.9. The SMILES string of the molecule is CC(C)CNCC(O)CN(C)c1cccc(C#N)c1. The molecule has 0 saturated heterocycles. The highest BCUT2D eigenvalue weighted by Crippen LogP contribution is 2.14. The molecule has 1 rings (SSSR count). The molecular weight excluding hydrogens is 238 g/mol. The molecule has 19 heavy (non-hydrogen) atoms. The van der Waals surface area contributed by atoms with Crippen LogP contribution < -0.4 is 10.2 Å². The van der Waals surface area contributed by atoms with Crippen molar-refractivity contribution in [3.05, 3.63) is 29.8 Å². The fourth-order valence-electron chi connectivity index (χ4n) is 1.84. The van der Waals surface area contributed by atoms with Gasteiger partial charge in [0.1, 0.15) is 0 Å². The minimum absolute atomic E-state index is 0.422. The van der Waals surface area contributed by atoms with E-state index in [1.54, 1.807) is 6.07 Å². The number of nitriles is 1. The number of hydrogen-bond acceptors (Lipinski definition) is 4. The molecule has 0 fully saturated rings. The Morgan fingerprint density at radius 3 is 2.74 bits per heavy atom. The summed E-state index contributed by atoms with van der Waals surface area (Å²) < 4.78 is 0. The van der Waals surface area contributed by atoms with Crippen LogP contribution in [0.5, 0.6) is 0 Å². The van der Waals surface area contributed by atoms with E-state index in [4.69, 9.17) is 5.26 Å². The van der Waals surface area contributed by atoms with Gasteiger partial charge in [0.15, 0.2) is 0 Å². The van der Waals surface area contributed by atoms with E-state index in [0.29, 0.717) is 24.6 Å². The highest BCUT2D eigenvalue weighted by Gasteiger charge is 2.09. The van der Waals surface area contributed by atoms with Gasteiger partial charge in [-0.1, -0.05) is 19.9 Å². The summed E-state index contributed by atoms with van der Waals surface area (Å²) in [5.41, 5.74) is 1.58. The quantitative estimate of drug-likeness (QED) is 0.783. The molecule has 1 aromatic carbocycles. The number of aliphatic hydroxyl groups excluding tert-OH is 1. The molecule has 1 unspecified atom stereocenters. The molecule has 104 valence electrons. The van der Waals surface area contributed by atoms with Gasteiger partial charge in [-0.2, -0.15) is 5.26 Å². The Kier molecular flexibility index (Phi) is 6.34. The Bertz CT molecular complexity index is 426. The van der Waals surface area contributed by atoms with Crippen LogP contribution in [0.2, 0.25) is 0 Å². The topological polar surface area (TPSA) is 59.3 Å². The fourth-order valence-corrected chi connectivity index (χ4v) is 1.84. The first-order valence-electron chi connectivity index (χ1n) is 6.63. The third kappa shape index (κ3) is 5.73.